The quantitative estimate of drug-likeness (QED) is 0.860. The number of ether oxygens (including phenoxy) is 1. The number of halogens is 3. The number of nitrogens with one attached hydrogen (secondary N) is 1. The van der Waals surface area contributed by atoms with E-state index in [-0.39, 0.29) is 5.82 Å². The van der Waals surface area contributed by atoms with Gasteiger partial charge in [0.05, 0.1) is 0 Å². The van der Waals surface area contributed by atoms with Gasteiger partial charge >= 0.3 is 113 Å². The Labute approximate surface area is 113 Å². The van der Waals surface area contributed by atoms with Gasteiger partial charge in [-0.25, -0.2) is 0 Å². The second-order valence-electron chi connectivity index (χ2n) is 3.99. The van der Waals surface area contributed by atoms with Crippen LogP contribution in [0.3, 0.4) is 0 Å². The molecule has 0 aliphatic heterocycles. The van der Waals surface area contributed by atoms with Crippen LogP contribution in [0.4, 0.5) is 19.0 Å². The Bertz CT molecular complexity index is 646. The van der Waals surface area contributed by atoms with Gasteiger partial charge < -0.3 is 0 Å². The van der Waals surface area contributed by atoms with E-state index in [0.717, 1.165) is 0 Å². The molecule has 2 rings (SSSR count). The monoisotopic (exact) mass is 281 g/mol. The van der Waals surface area contributed by atoms with Crippen molar-refractivity contribution in [3.63, 3.8) is 0 Å². The van der Waals surface area contributed by atoms with E-state index in [9.17, 15) is 13.2 Å². The van der Waals surface area contributed by atoms with Gasteiger partial charge in [0.2, 0.25) is 0 Å². The van der Waals surface area contributed by atoms with Crippen molar-refractivity contribution in [1.82, 2.24) is 9.97 Å². The number of pyridine rings is 2. The van der Waals surface area contributed by atoms with Gasteiger partial charge in [-0.3, -0.25) is 0 Å². The first kappa shape index (κ1) is 14.3. The predicted molar refractivity (Wildman–Crippen MR) is 73.1 cm³/mol. The predicted octanol–water partition coefficient (Wildman–Crippen LogP) is 1.37. The molecule has 0 aromatic carbocycles. The number of fused-ring (bicyclic) bond motifs is 1. The average Bonchev–Trinajstić information content (AvgIpc) is 2.42. The topological polar surface area (TPSA) is 47.0 Å². The minimum absolute atomic E-state index is 0.131. The number of anilines is 1. The fourth-order valence-corrected chi connectivity index (χ4v) is 1.72. The van der Waals surface area contributed by atoms with Gasteiger partial charge in [-0.1, -0.05) is 0 Å². The first-order valence-electron chi connectivity index (χ1n) is 5.71. The van der Waals surface area contributed by atoms with E-state index < -0.39 is 12.7 Å². The third-order valence-corrected chi connectivity index (χ3v) is 2.60. The van der Waals surface area contributed by atoms with E-state index in [1.165, 1.54) is 20.1 Å². The molecule has 0 spiro atoms. The van der Waals surface area contributed by atoms with Crippen molar-refractivity contribution in [2.24, 2.45) is 0 Å². The number of hydrogen-bond acceptors (Lipinski definition) is 4. The number of aromatic nitrogens is 2. The molecular weight excluding hydrogens is 270 g/mol. The number of nitrogens with zero attached hydrogens (tertiary/aromatic N) is 2. The van der Waals surface area contributed by atoms with Gasteiger partial charge in [0.15, 0.2) is 0 Å². The summed E-state index contributed by atoms with van der Waals surface area (Å²) in [6.45, 7) is 4.01. The molecule has 0 unspecified atom stereocenters. The maximum absolute atomic E-state index is 12.2. The zero-order chi connectivity index (χ0) is 14.8. The number of hydrogen-bond donors (Lipinski definition) is 1. The Morgan fingerprint density at radius 3 is 2.75 bits per heavy atom. The van der Waals surface area contributed by atoms with Crippen LogP contribution in [0.2, 0.25) is 0 Å². The molecule has 0 radical (unpaired) electrons. The Balaban J connectivity index is 2.43. The molecule has 0 atom stereocenters. The molecule has 0 aliphatic rings. The standard InChI is InChI=1S/C12H11BF3N3O/c1-13-9-10-7(5-17-11(9)20-2)3-4-8(19-10)18-6-12(14,15)16/h3-5H,1,6H2,2H3,(H,18,19). The summed E-state index contributed by atoms with van der Waals surface area (Å²) >= 11 is 0. The van der Waals surface area contributed by atoms with E-state index >= 15 is 0 Å². The Morgan fingerprint density at radius 2 is 2.15 bits per heavy atom. The van der Waals surface area contributed by atoms with Gasteiger partial charge in [0, 0.05) is 0 Å². The fraction of sp³-hybridized carbons (Fsp3) is 0.250. The zero-order valence-corrected chi connectivity index (χ0v) is 10.7. The molecule has 4 nitrogen and oxygen atoms in total. The van der Waals surface area contributed by atoms with Gasteiger partial charge in [-0.2, -0.15) is 0 Å². The Morgan fingerprint density at radius 1 is 1.40 bits per heavy atom. The molecular formula is C12H11BF3N3O. The van der Waals surface area contributed by atoms with Crippen molar-refractivity contribution in [2.75, 3.05) is 19.0 Å². The molecule has 0 bridgehead atoms. The summed E-state index contributed by atoms with van der Waals surface area (Å²) in [5.74, 6) is 0.458. The third-order valence-electron chi connectivity index (χ3n) is 2.60. The van der Waals surface area contributed by atoms with Gasteiger partial charge in [0.1, 0.15) is 0 Å². The molecule has 0 saturated carbocycles. The third kappa shape index (κ3) is 3.07. The van der Waals surface area contributed by atoms with Crippen molar-refractivity contribution in [3.05, 3.63) is 18.3 Å². The molecule has 0 amide bonds. The molecule has 20 heavy (non-hydrogen) atoms. The van der Waals surface area contributed by atoms with Crippen LogP contribution in [0.15, 0.2) is 18.3 Å². The van der Waals surface area contributed by atoms with Crippen LogP contribution >= 0.6 is 0 Å². The Kier molecular flexibility index (Phi) is 3.92. The first-order chi connectivity index (χ1) is 9.44. The summed E-state index contributed by atoms with van der Waals surface area (Å²) in [7, 11) is 1.45. The summed E-state index contributed by atoms with van der Waals surface area (Å²) < 4.78 is 41.6. The summed E-state index contributed by atoms with van der Waals surface area (Å²) in [6, 6.07) is 3.11. The molecule has 104 valence electrons. The molecule has 1 N–H and O–H groups in total. The SMILES string of the molecule is C=Bc1c(OC)ncc2ccc(NCC(F)(F)F)nc12. The van der Waals surface area contributed by atoms with Crippen LogP contribution in [0, 0.1) is 0 Å². The van der Waals surface area contributed by atoms with Crippen LogP contribution in [0.1, 0.15) is 0 Å². The summed E-state index contributed by atoms with van der Waals surface area (Å²) in [5, 5.41) is 2.93. The van der Waals surface area contributed by atoms with Gasteiger partial charge in [0.25, 0.3) is 0 Å². The number of alkyl halides is 3. The second-order valence-corrected chi connectivity index (χ2v) is 3.99. The van der Waals surface area contributed by atoms with E-state index in [0.29, 0.717) is 22.2 Å². The van der Waals surface area contributed by atoms with Gasteiger partial charge in [-0.15, -0.1) is 0 Å². The van der Waals surface area contributed by atoms with Crippen LogP contribution in [-0.4, -0.2) is 43.2 Å². The molecule has 2 aromatic rings. The number of methoxy groups -OCH3 is 1. The van der Waals surface area contributed by atoms with E-state index in [1.54, 1.807) is 12.3 Å². The van der Waals surface area contributed by atoms with Crippen LogP contribution in [-0.2, 0) is 0 Å². The summed E-state index contributed by atoms with van der Waals surface area (Å²) in [5.41, 5.74) is 1.03. The van der Waals surface area contributed by atoms with Crippen LogP contribution in [0.5, 0.6) is 5.88 Å². The van der Waals surface area contributed by atoms with E-state index in [2.05, 4.69) is 21.8 Å². The number of rotatable bonds is 4. The molecule has 2 aromatic heterocycles. The van der Waals surface area contributed by atoms with Crippen molar-refractivity contribution >= 4 is 35.6 Å². The summed E-state index contributed by atoms with van der Waals surface area (Å²) in [6.07, 6.45) is -2.75. The molecule has 8 heteroatoms. The summed E-state index contributed by atoms with van der Waals surface area (Å²) in [4.78, 5) is 8.23. The van der Waals surface area contributed by atoms with Crippen molar-refractivity contribution in [2.45, 2.75) is 6.18 Å². The fourth-order valence-electron chi connectivity index (χ4n) is 1.72. The van der Waals surface area contributed by atoms with Crippen molar-refractivity contribution < 1.29 is 17.9 Å². The van der Waals surface area contributed by atoms with E-state index in [1.807, 2.05) is 0 Å². The second kappa shape index (κ2) is 5.48. The van der Waals surface area contributed by atoms with E-state index in [4.69, 9.17) is 4.74 Å². The van der Waals surface area contributed by atoms with Crippen LogP contribution < -0.4 is 15.5 Å². The first-order valence-corrected chi connectivity index (χ1v) is 5.71. The molecule has 0 saturated heterocycles. The van der Waals surface area contributed by atoms with Crippen molar-refractivity contribution in [3.8, 4) is 5.88 Å². The normalized spacial score (nSPS) is 11.2. The zero-order valence-electron chi connectivity index (χ0n) is 10.7. The maximum atomic E-state index is 12.2. The molecule has 2 heterocycles. The molecule has 0 aliphatic carbocycles. The minimum atomic E-state index is -4.30. The van der Waals surface area contributed by atoms with Crippen LogP contribution in [0.25, 0.3) is 10.9 Å². The Hall–Kier alpha value is -2.12. The van der Waals surface area contributed by atoms with Crippen molar-refractivity contribution in [1.29, 1.82) is 0 Å². The van der Waals surface area contributed by atoms with Gasteiger partial charge in [-0.05, 0) is 0 Å². The molecule has 0 fully saturated rings. The average molecular weight is 281 g/mol.